The van der Waals surface area contributed by atoms with Crippen LogP contribution < -0.4 is 11.3 Å². The van der Waals surface area contributed by atoms with Gasteiger partial charge in [0.2, 0.25) is 0 Å². The van der Waals surface area contributed by atoms with Gasteiger partial charge in [-0.05, 0) is 68.7 Å². The summed E-state index contributed by atoms with van der Waals surface area (Å²) in [6, 6.07) is 8.36. The molecule has 1 aromatic heterocycles. The minimum Gasteiger partial charge on any atom is -0.271 e. The Labute approximate surface area is 120 Å². The van der Waals surface area contributed by atoms with Gasteiger partial charge in [0.15, 0.2) is 0 Å². The van der Waals surface area contributed by atoms with Crippen LogP contribution in [0.4, 0.5) is 0 Å². The lowest BCUT2D eigenvalue weighted by Gasteiger charge is -2.17. The van der Waals surface area contributed by atoms with E-state index in [-0.39, 0.29) is 6.04 Å². The predicted octanol–water partition coefficient (Wildman–Crippen LogP) is 3.67. The number of rotatable bonds is 3. The maximum Gasteiger partial charge on any atom is 0.0728 e. The quantitative estimate of drug-likeness (QED) is 0.462. The van der Waals surface area contributed by atoms with Crippen molar-refractivity contribution in [2.24, 2.45) is 5.84 Å². The number of hydrogen-bond acceptors (Lipinski definition) is 3. The van der Waals surface area contributed by atoms with Gasteiger partial charge in [0.1, 0.15) is 0 Å². The number of halogens is 2. The first-order chi connectivity index (χ1) is 7.72. The fourth-order valence-electron chi connectivity index (χ4n) is 1.54. The maximum absolute atomic E-state index is 5.65. The Hall–Kier alpha value is 0.0500. The second-order valence-corrected chi connectivity index (χ2v) is 6.18. The molecule has 1 aromatic carbocycles. The van der Waals surface area contributed by atoms with Crippen LogP contribution in [0.5, 0.6) is 0 Å². The molecule has 0 aliphatic carbocycles. The van der Waals surface area contributed by atoms with Crippen molar-refractivity contribution in [3.8, 4) is 0 Å². The van der Waals surface area contributed by atoms with Crippen molar-refractivity contribution in [2.75, 3.05) is 0 Å². The molecular weight excluding hydrogens is 399 g/mol. The Morgan fingerprint density at radius 3 is 2.81 bits per heavy atom. The smallest absolute Gasteiger partial charge is 0.0728 e. The van der Waals surface area contributed by atoms with Crippen LogP contribution >= 0.6 is 49.9 Å². The van der Waals surface area contributed by atoms with Crippen molar-refractivity contribution >= 4 is 49.9 Å². The number of hydrogen-bond donors (Lipinski definition) is 2. The molecule has 0 bridgehead atoms. The van der Waals surface area contributed by atoms with Gasteiger partial charge in [-0.2, -0.15) is 11.3 Å². The van der Waals surface area contributed by atoms with Crippen molar-refractivity contribution in [3.63, 3.8) is 0 Å². The highest BCUT2D eigenvalue weighted by Crippen LogP contribution is 2.29. The number of thiophene rings is 1. The van der Waals surface area contributed by atoms with E-state index in [2.05, 4.69) is 72.9 Å². The average Bonchev–Trinajstić information content (AvgIpc) is 2.78. The van der Waals surface area contributed by atoms with Crippen molar-refractivity contribution in [2.45, 2.75) is 6.04 Å². The van der Waals surface area contributed by atoms with E-state index in [0.717, 1.165) is 4.47 Å². The van der Waals surface area contributed by atoms with Crippen LogP contribution in [0.15, 0.2) is 39.5 Å². The van der Waals surface area contributed by atoms with Gasteiger partial charge in [0.05, 0.1) is 6.04 Å². The second kappa shape index (κ2) is 5.59. The summed E-state index contributed by atoms with van der Waals surface area (Å²) >= 11 is 7.49. The zero-order chi connectivity index (χ0) is 11.5. The van der Waals surface area contributed by atoms with E-state index in [4.69, 9.17) is 5.84 Å². The van der Waals surface area contributed by atoms with Gasteiger partial charge in [-0.15, -0.1) is 0 Å². The molecule has 2 rings (SSSR count). The van der Waals surface area contributed by atoms with Gasteiger partial charge in [-0.1, -0.05) is 15.9 Å². The first kappa shape index (κ1) is 12.5. The molecule has 0 saturated heterocycles. The molecular formula is C11H10BrIN2S. The maximum atomic E-state index is 5.65. The second-order valence-electron chi connectivity index (χ2n) is 3.32. The summed E-state index contributed by atoms with van der Waals surface area (Å²) in [6.45, 7) is 0. The van der Waals surface area contributed by atoms with Gasteiger partial charge < -0.3 is 0 Å². The third-order valence-corrected chi connectivity index (χ3v) is 4.49. The third kappa shape index (κ3) is 2.65. The number of nitrogens with two attached hydrogens (primary N) is 1. The molecule has 5 heteroatoms. The number of benzene rings is 1. The summed E-state index contributed by atoms with van der Waals surface area (Å²) in [4.78, 5) is 0. The fraction of sp³-hybridized carbons (Fsp3) is 0.0909. The number of hydrazine groups is 1. The lowest BCUT2D eigenvalue weighted by Crippen LogP contribution is -2.29. The van der Waals surface area contributed by atoms with Crippen molar-refractivity contribution in [3.05, 3.63) is 54.2 Å². The van der Waals surface area contributed by atoms with E-state index in [1.54, 1.807) is 11.3 Å². The summed E-state index contributed by atoms with van der Waals surface area (Å²) in [5, 5.41) is 4.17. The number of nitrogens with one attached hydrogen (secondary N) is 1. The monoisotopic (exact) mass is 408 g/mol. The Bertz CT molecular complexity index is 473. The summed E-state index contributed by atoms with van der Waals surface area (Å²) in [5.41, 5.74) is 5.26. The highest BCUT2D eigenvalue weighted by atomic mass is 127. The molecule has 84 valence electrons. The Morgan fingerprint density at radius 2 is 2.19 bits per heavy atom. The van der Waals surface area contributed by atoms with E-state index in [1.807, 2.05) is 6.07 Å². The topological polar surface area (TPSA) is 38.0 Å². The van der Waals surface area contributed by atoms with E-state index in [9.17, 15) is 0 Å². The molecule has 0 aliphatic rings. The van der Waals surface area contributed by atoms with Crippen LogP contribution in [-0.4, -0.2) is 0 Å². The third-order valence-electron chi connectivity index (χ3n) is 2.31. The molecule has 0 saturated carbocycles. The molecule has 1 heterocycles. The average molecular weight is 409 g/mol. The molecule has 2 aromatic rings. The van der Waals surface area contributed by atoms with E-state index in [0.29, 0.717) is 0 Å². The highest BCUT2D eigenvalue weighted by molar-refractivity contribution is 14.1. The molecule has 0 spiro atoms. The normalized spacial score (nSPS) is 12.7. The van der Waals surface area contributed by atoms with Crippen LogP contribution in [-0.2, 0) is 0 Å². The molecule has 1 atom stereocenters. The van der Waals surface area contributed by atoms with Crippen LogP contribution in [0.2, 0.25) is 0 Å². The minimum absolute atomic E-state index is 0.0515. The van der Waals surface area contributed by atoms with Crippen LogP contribution in [0.3, 0.4) is 0 Å². The summed E-state index contributed by atoms with van der Waals surface area (Å²) in [6.07, 6.45) is 0. The Morgan fingerprint density at radius 1 is 1.38 bits per heavy atom. The zero-order valence-corrected chi connectivity index (χ0v) is 12.8. The van der Waals surface area contributed by atoms with Crippen molar-refractivity contribution in [1.82, 2.24) is 5.43 Å². The molecule has 0 amide bonds. The predicted molar refractivity (Wildman–Crippen MR) is 80.3 cm³/mol. The summed E-state index contributed by atoms with van der Waals surface area (Å²) in [5.74, 6) is 5.65. The van der Waals surface area contributed by atoms with Crippen LogP contribution in [0.25, 0.3) is 0 Å². The SMILES string of the molecule is NNC(c1ccsc1)c1cc(Br)ccc1I. The van der Waals surface area contributed by atoms with Crippen molar-refractivity contribution < 1.29 is 0 Å². The van der Waals surface area contributed by atoms with E-state index in [1.165, 1.54) is 14.7 Å². The largest absolute Gasteiger partial charge is 0.271 e. The van der Waals surface area contributed by atoms with Gasteiger partial charge >= 0.3 is 0 Å². The van der Waals surface area contributed by atoms with Crippen LogP contribution in [0.1, 0.15) is 17.2 Å². The lowest BCUT2D eigenvalue weighted by atomic mass is 10.0. The van der Waals surface area contributed by atoms with Gasteiger partial charge in [-0.3, -0.25) is 5.84 Å². The fourth-order valence-corrected chi connectivity index (χ4v) is 3.25. The lowest BCUT2D eigenvalue weighted by molar-refractivity contribution is 0.636. The molecule has 1 unspecified atom stereocenters. The van der Waals surface area contributed by atoms with Crippen LogP contribution in [0, 0.1) is 3.57 Å². The first-order valence-electron chi connectivity index (χ1n) is 4.65. The van der Waals surface area contributed by atoms with E-state index >= 15 is 0 Å². The van der Waals surface area contributed by atoms with Gasteiger partial charge in [-0.25, -0.2) is 5.43 Å². The molecule has 0 radical (unpaired) electrons. The summed E-state index contributed by atoms with van der Waals surface area (Å²) in [7, 11) is 0. The van der Waals surface area contributed by atoms with Gasteiger partial charge in [0.25, 0.3) is 0 Å². The molecule has 2 nitrogen and oxygen atoms in total. The Kier molecular flexibility index (Phi) is 4.37. The zero-order valence-electron chi connectivity index (χ0n) is 8.28. The van der Waals surface area contributed by atoms with Gasteiger partial charge in [0, 0.05) is 8.04 Å². The molecule has 0 aliphatic heterocycles. The molecule has 16 heavy (non-hydrogen) atoms. The summed E-state index contributed by atoms with van der Waals surface area (Å²) < 4.78 is 2.27. The van der Waals surface area contributed by atoms with E-state index < -0.39 is 0 Å². The Balaban J connectivity index is 2.44. The molecule has 3 N–H and O–H groups in total. The molecule has 0 fully saturated rings. The first-order valence-corrected chi connectivity index (χ1v) is 7.47. The van der Waals surface area contributed by atoms with Crippen molar-refractivity contribution in [1.29, 1.82) is 0 Å². The standard InChI is InChI=1S/C11H10BrIN2S/c12-8-1-2-10(13)9(5-8)11(15-14)7-3-4-16-6-7/h1-6,11,15H,14H2. The minimum atomic E-state index is 0.0515. The highest BCUT2D eigenvalue weighted by Gasteiger charge is 2.15.